The Morgan fingerprint density at radius 1 is 1.36 bits per heavy atom. The van der Waals surface area contributed by atoms with E-state index in [1.807, 2.05) is 6.92 Å². The predicted octanol–water partition coefficient (Wildman–Crippen LogP) is 3.43. The maximum Gasteiger partial charge on any atom is 0.0567 e. The average molecular weight is 193 g/mol. The summed E-state index contributed by atoms with van der Waals surface area (Å²) in [5, 5.41) is 0.211. The van der Waals surface area contributed by atoms with Crippen molar-refractivity contribution in [3.05, 3.63) is 12.2 Å². The Labute approximate surface area is 78.6 Å². The lowest BCUT2D eigenvalue weighted by Gasteiger charge is -2.14. The van der Waals surface area contributed by atoms with Gasteiger partial charge in [-0.3, -0.25) is 0 Å². The van der Waals surface area contributed by atoms with Crippen LogP contribution in [-0.2, 0) is 0 Å². The third kappa shape index (κ3) is 1.73. The van der Waals surface area contributed by atoms with E-state index in [4.69, 9.17) is 23.2 Å². The van der Waals surface area contributed by atoms with Crippen LogP contribution in [0.5, 0.6) is 0 Å². The monoisotopic (exact) mass is 192 g/mol. The molecule has 1 saturated carbocycles. The van der Waals surface area contributed by atoms with E-state index in [0.29, 0.717) is 11.8 Å². The molecule has 11 heavy (non-hydrogen) atoms. The number of alkyl halides is 2. The normalized spacial score (nSPS) is 44.4. The summed E-state index contributed by atoms with van der Waals surface area (Å²) < 4.78 is 0. The van der Waals surface area contributed by atoms with Crippen LogP contribution in [0.2, 0.25) is 0 Å². The molecule has 1 aliphatic rings. The molecule has 64 valence electrons. The van der Waals surface area contributed by atoms with Gasteiger partial charge in [-0.15, -0.1) is 23.2 Å². The van der Waals surface area contributed by atoms with Gasteiger partial charge in [0.1, 0.15) is 0 Å². The highest BCUT2D eigenvalue weighted by Gasteiger charge is 2.38. The minimum absolute atomic E-state index is 0.0872. The molecular formula is C9H14Cl2. The van der Waals surface area contributed by atoms with Crippen molar-refractivity contribution in [2.24, 2.45) is 11.8 Å². The lowest BCUT2D eigenvalue weighted by Crippen LogP contribution is -2.17. The Morgan fingerprint density at radius 3 is 2.09 bits per heavy atom. The first-order chi connectivity index (χ1) is 5.04. The molecule has 0 bridgehead atoms. The van der Waals surface area contributed by atoms with E-state index < -0.39 is 0 Å². The Balaban J connectivity index is 2.67. The second kappa shape index (κ2) is 3.37. The maximum atomic E-state index is 6.13. The quantitative estimate of drug-likeness (QED) is 0.442. The Kier molecular flexibility index (Phi) is 2.88. The van der Waals surface area contributed by atoms with Crippen molar-refractivity contribution in [3.8, 4) is 0 Å². The van der Waals surface area contributed by atoms with E-state index in [0.717, 1.165) is 6.42 Å². The molecule has 0 aliphatic heterocycles. The molecule has 2 heteroatoms. The number of hydrogen-bond acceptors (Lipinski definition) is 0. The van der Waals surface area contributed by atoms with E-state index in [9.17, 15) is 0 Å². The van der Waals surface area contributed by atoms with Crippen LogP contribution >= 0.6 is 23.2 Å². The third-order valence-corrected chi connectivity index (χ3v) is 3.90. The summed E-state index contributed by atoms with van der Waals surface area (Å²) in [6, 6.07) is 0. The van der Waals surface area contributed by atoms with Gasteiger partial charge in [0.05, 0.1) is 10.8 Å². The summed E-state index contributed by atoms with van der Waals surface area (Å²) in [6.07, 6.45) is 1.09. The van der Waals surface area contributed by atoms with E-state index >= 15 is 0 Å². The fourth-order valence-electron chi connectivity index (χ4n) is 1.67. The molecule has 0 aromatic rings. The second-order valence-corrected chi connectivity index (χ2v) is 4.56. The highest BCUT2D eigenvalue weighted by molar-refractivity contribution is 6.30. The topological polar surface area (TPSA) is 0 Å². The molecule has 0 radical (unpaired) electrons. The minimum atomic E-state index is 0.0872. The molecule has 1 rings (SSSR count). The van der Waals surface area contributed by atoms with Crippen LogP contribution < -0.4 is 0 Å². The fraction of sp³-hybridized carbons (Fsp3) is 0.778. The molecule has 0 saturated heterocycles. The fourth-order valence-corrected chi connectivity index (χ4v) is 2.51. The van der Waals surface area contributed by atoms with Gasteiger partial charge in [-0.2, -0.15) is 0 Å². The zero-order chi connectivity index (χ0) is 8.59. The minimum Gasteiger partial charge on any atom is -0.121 e. The number of hydrogen-bond donors (Lipinski definition) is 0. The molecular weight excluding hydrogens is 179 g/mol. The first-order valence-corrected chi connectivity index (χ1v) is 4.85. The van der Waals surface area contributed by atoms with Gasteiger partial charge in [-0.25, -0.2) is 0 Å². The van der Waals surface area contributed by atoms with E-state index in [1.165, 1.54) is 5.57 Å². The van der Waals surface area contributed by atoms with Crippen LogP contribution in [0, 0.1) is 11.8 Å². The van der Waals surface area contributed by atoms with Gasteiger partial charge in [0.25, 0.3) is 0 Å². The molecule has 4 atom stereocenters. The van der Waals surface area contributed by atoms with Crippen LogP contribution in [0.3, 0.4) is 0 Å². The molecule has 0 nitrogen and oxygen atoms in total. The smallest absolute Gasteiger partial charge is 0.0567 e. The summed E-state index contributed by atoms with van der Waals surface area (Å²) in [5.74, 6) is 0.954. The lowest BCUT2D eigenvalue weighted by molar-refractivity contribution is 0.575. The van der Waals surface area contributed by atoms with Gasteiger partial charge >= 0.3 is 0 Å². The first kappa shape index (κ1) is 9.41. The summed E-state index contributed by atoms with van der Waals surface area (Å²) in [4.78, 5) is 0. The Hall–Kier alpha value is 0.320. The van der Waals surface area contributed by atoms with Gasteiger partial charge in [0, 0.05) is 0 Å². The molecule has 0 aromatic heterocycles. The maximum absolute atomic E-state index is 6.13. The molecule has 0 aromatic carbocycles. The highest BCUT2D eigenvalue weighted by Crippen LogP contribution is 2.41. The van der Waals surface area contributed by atoms with Gasteiger partial charge in [0.2, 0.25) is 0 Å². The molecule has 0 spiro atoms. The number of allylic oxidation sites excluding steroid dienone is 1. The van der Waals surface area contributed by atoms with Crippen molar-refractivity contribution in [2.45, 2.75) is 31.0 Å². The van der Waals surface area contributed by atoms with E-state index in [2.05, 4.69) is 13.5 Å². The third-order valence-electron chi connectivity index (χ3n) is 2.49. The van der Waals surface area contributed by atoms with Crippen LogP contribution in [0.25, 0.3) is 0 Å². The van der Waals surface area contributed by atoms with Gasteiger partial charge in [0.15, 0.2) is 0 Å². The second-order valence-electron chi connectivity index (χ2n) is 3.55. The molecule has 0 N–H and O–H groups in total. The van der Waals surface area contributed by atoms with Crippen molar-refractivity contribution in [2.75, 3.05) is 0 Å². The van der Waals surface area contributed by atoms with Gasteiger partial charge in [-0.05, 0) is 25.2 Å². The zero-order valence-electron chi connectivity index (χ0n) is 6.98. The molecule has 0 heterocycles. The summed E-state index contributed by atoms with van der Waals surface area (Å²) in [7, 11) is 0. The highest BCUT2D eigenvalue weighted by atomic mass is 35.5. The molecule has 0 amide bonds. The summed E-state index contributed by atoms with van der Waals surface area (Å²) in [6.45, 7) is 8.09. The lowest BCUT2D eigenvalue weighted by atomic mass is 9.99. The van der Waals surface area contributed by atoms with Crippen molar-refractivity contribution in [1.82, 2.24) is 0 Å². The van der Waals surface area contributed by atoms with Crippen molar-refractivity contribution >= 4 is 23.2 Å². The van der Waals surface area contributed by atoms with Crippen LogP contribution in [-0.4, -0.2) is 10.8 Å². The molecule has 1 fully saturated rings. The molecule has 1 aliphatic carbocycles. The average Bonchev–Trinajstić information content (AvgIpc) is 2.17. The Morgan fingerprint density at radius 2 is 1.91 bits per heavy atom. The Bertz CT molecular complexity index is 165. The SMILES string of the molecule is C=C(C)C1CC(C)[C@H](Cl)C1Cl. The van der Waals surface area contributed by atoms with Crippen molar-refractivity contribution < 1.29 is 0 Å². The predicted molar refractivity (Wildman–Crippen MR) is 51.4 cm³/mol. The van der Waals surface area contributed by atoms with Gasteiger partial charge in [-0.1, -0.05) is 19.1 Å². The standard InChI is InChI=1S/C9H14Cl2/c1-5(2)7-4-6(3)8(10)9(7)11/h6-9H,1,4H2,2-3H3/t6?,7?,8-,9?/m0/s1. The van der Waals surface area contributed by atoms with Crippen LogP contribution in [0.4, 0.5) is 0 Å². The number of rotatable bonds is 1. The summed E-state index contributed by atoms with van der Waals surface area (Å²) >= 11 is 12.2. The van der Waals surface area contributed by atoms with E-state index in [-0.39, 0.29) is 10.8 Å². The van der Waals surface area contributed by atoms with Gasteiger partial charge < -0.3 is 0 Å². The van der Waals surface area contributed by atoms with Crippen LogP contribution in [0.1, 0.15) is 20.3 Å². The number of halogens is 2. The van der Waals surface area contributed by atoms with Crippen LogP contribution in [0.15, 0.2) is 12.2 Å². The zero-order valence-corrected chi connectivity index (χ0v) is 8.49. The van der Waals surface area contributed by atoms with Crippen molar-refractivity contribution in [1.29, 1.82) is 0 Å². The first-order valence-electron chi connectivity index (χ1n) is 3.97. The largest absolute Gasteiger partial charge is 0.121 e. The van der Waals surface area contributed by atoms with E-state index in [1.54, 1.807) is 0 Å². The molecule has 3 unspecified atom stereocenters. The van der Waals surface area contributed by atoms with Crippen molar-refractivity contribution in [3.63, 3.8) is 0 Å². The summed E-state index contributed by atoms with van der Waals surface area (Å²) in [5.41, 5.74) is 1.17.